The summed E-state index contributed by atoms with van der Waals surface area (Å²) in [6, 6.07) is 0. The van der Waals surface area contributed by atoms with Gasteiger partial charge in [0.2, 0.25) is 0 Å². The van der Waals surface area contributed by atoms with Crippen LogP contribution in [0.25, 0.3) is 0 Å². The highest BCUT2D eigenvalue weighted by molar-refractivity contribution is 5.31. The molecular formula is C14H24N. The number of hydrogen-bond donors (Lipinski definition) is 0. The first kappa shape index (κ1) is 12.5. The topological polar surface area (TPSA) is 3.24 Å². The molecule has 0 aromatic heterocycles. The average molecular weight is 206 g/mol. The van der Waals surface area contributed by atoms with E-state index in [-0.39, 0.29) is 5.41 Å². The summed E-state index contributed by atoms with van der Waals surface area (Å²) < 4.78 is 0. The van der Waals surface area contributed by atoms with Gasteiger partial charge >= 0.3 is 0 Å². The van der Waals surface area contributed by atoms with Gasteiger partial charge in [-0.05, 0) is 31.5 Å². The molecule has 0 bridgehead atoms. The molecule has 1 aliphatic carbocycles. The van der Waals surface area contributed by atoms with Crippen LogP contribution in [0.3, 0.4) is 0 Å². The second-order valence-corrected chi connectivity index (χ2v) is 4.84. The smallest absolute Gasteiger partial charge is 0.00729 e. The van der Waals surface area contributed by atoms with E-state index in [0.29, 0.717) is 0 Å². The minimum absolute atomic E-state index is 0.275. The molecule has 1 aliphatic rings. The van der Waals surface area contributed by atoms with Crippen molar-refractivity contribution in [3.63, 3.8) is 0 Å². The van der Waals surface area contributed by atoms with Gasteiger partial charge in [0.05, 0.1) is 0 Å². The van der Waals surface area contributed by atoms with E-state index in [9.17, 15) is 0 Å². The summed E-state index contributed by atoms with van der Waals surface area (Å²) in [6.45, 7) is 12.6. The normalized spacial score (nSPS) is 17.0. The van der Waals surface area contributed by atoms with Gasteiger partial charge in [-0.15, -0.1) is 0 Å². The van der Waals surface area contributed by atoms with Crippen LogP contribution in [0.2, 0.25) is 0 Å². The number of hydrogen-bond acceptors (Lipinski definition) is 1. The van der Waals surface area contributed by atoms with Crippen molar-refractivity contribution in [3.8, 4) is 0 Å². The Morgan fingerprint density at radius 3 is 2.40 bits per heavy atom. The summed E-state index contributed by atoms with van der Waals surface area (Å²) in [7, 11) is 0. The summed E-state index contributed by atoms with van der Waals surface area (Å²) in [5.41, 5.74) is 1.76. The van der Waals surface area contributed by atoms with Gasteiger partial charge in [0.15, 0.2) is 0 Å². The van der Waals surface area contributed by atoms with E-state index in [2.05, 4.69) is 57.2 Å². The SMILES string of the molecule is CCN(CC)CC(C)(C)C1=CC[CH]C=C1. The highest BCUT2D eigenvalue weighted by Crippen LogP contribution is 2.30. The van der Waals surface area contributed by atoms with E-state index in [1.54, 1.807) is 0 Å². The number of nitrogens with zero attached hydrogens (tertiary/aromatic N) is 1. The van der Waals surface area contributed by atoms with E-state index in [1.165, 1.54) is 5.57 Å². The third-order valence-electron chi connectivity index (χ3n) is 3.18. The van der Waals surface area contributed by atoms with Crippen molar-refractivity contribution >= 4 is 0 Å². The van der Waals surface area contributed by atoms with Crippen molar-refractivity contribution in [1.82, 2.24) is 4.90 Å². The van der Waals surface area contributed by atoms with Crippen molar-refractivity contribution in [2.45, 2.75) is 34.1 Å². The molecule has 0 aromatic rings. The maximum Gasteiger partial charge on any atom is 0.00729 e. The Morgan fingerprint density at radius 1 is 1.27 bits per heavy atom. The van der Waals surface area contributed by atoms with E-state index in [4.69, 9.17) is 0 Å². The maximum atomic E-state index is 2.49. The zero-order chi connectivity index (χ0) is 11.3. The van der Waals surface area contributed by atoms with Crippen LogP contribution in [0.15, 0.2) is 23.8 Å². The van der Waals surface area contributed by atoms with E-state index in [1.807, 2.05) is 0 Å². The molecule has 0 saturated heterocycles. The molecule has 1 nitrogen and oxygen atoms in total. The number of rotatable bonds is 5. The fourth-order valence-corrected chi connectivity index (χ4v) is 2.11. The van der Waals surface area contributed by atoms with Crippen LogP contribution in [-0.4, -0.2) is 24.5 Å². The molecule has 1 rings (SSSR count). The summed E-state index contributed by atoms with van der Waals surface area (Å²) >= 11 is 0. The zero-order valence-corrected chi connectivity index (χ0v) is 10.6. The molecule has 0 N–H and O–H groups in total. The van der Waals surface area contributed by atoms with Crippen LogP contribution in [0.1, 0.15) is 34.1 Å². The lowest BCUT2D eigenvalue weighted by atomic mass is 9.81. The van der Waals surface area contributed by atoms with Crippen LogP contribution >= 0.6 is 0 Å². The Bertz CT molecular complexity index is 244. The fourth-order valence-electron chi connectivity index (χ4n) is 2.11. The molecule has 0 amide bonds. The molecule has 0 heterocycles. The molecule has 15 heavy (non-hydrogen) atoms. The van der Waals surface area contributed by atoms with Crippen molar-refractivity contribution in [1.29, 1.82) is 0 Å². The van der Waals surface area contributed by atoms with Gasteiger partial charge in [-0.1, -0.05) is 45.9 Å². The van der Waals surface area contributed by atoms with Crippen LogP contribution < -0.4 is 0 Å². The summed E-state index contributed by atoms with van der Waals surface area (Å²) in [6.07, 6.45) is 10.1. The monoisotopic (exact) mass is 206 g/mol. The average Bonchev–Trinajstić information content (AvgIpc) is 2.27. The first-order valence-electron chi connectivity index (χ1n) is 6.03. The predicted molar refractivity (Wildman–Crippen MR) is 67.7 cm³/mol. The van der Waals surface area contributed by atoms with Gasteiger partial charge in [0, 0.05) is 12.0 Å². The Labute approximate surface area is 94.9 Å². The molecule has 0 unspecified atom stereocenters. The Balaban J connectivity index is 2.64. The third kappa shape index (κ3) is 3.49. The first-order valence-corrected chi connectivity index (χ1v) is 6.03. The summed E-state index contributed by atoms with van der Waals surface area (Å²) in [4.78, 5) is 2.49. The Morgan fingerprint density at radius 2 is 1.93 bits per heavy atom. The molecule has 1 radical (unpaired) electrons. The highest BCUT2D eigenvalue weighted by Gasteiger charge is 2.24. The van der Waals surface area contributed by atoms with Gasteiger partial charge in [-0.2, -0.15) is 0 Å². The maximum absolute atomic E-state index is 2.49. The lowest BCUT2D eigenvalue weighted by molar-refractivity contribution is 0.222. The lowest BCUT2D eigenvalue weighted by Gasteiger charge is -2.33. The van der Waals surface area contributed by atoms with Gasteiger partial charge in [-0.25, -0.2) is 0 Å². The van der Waals surface area contributed by atoms with Crippen molar-refractivity contribution in [2.24, 2.45) is 5.41 Å². The van der Waals surface area contributed by atoms with Crippen molar-refractivity contribution in [3.05, 3.63) is 30.2 Å². The fraction of sp³-hybridized carbons (Fsp3) is 0.643. The standard InChI is InChI=1S/C14H24N/c1-5-15(6-2)12-14(3,4)13-10-8-7-9-11-13/h7-8,10-11H,5-6,9,12H2,1-4H3. The number of allylic oxidation sites excluding steroid dienone is 3. The highest BCUT2D eigenvalue weighted by atomic mass is 15.1. The molecule has 0 aromatic carbocycles. The molecule has 0 aliphatic heterocycles. The largest absolute Gasteiger partial charge is 0.303 e. The quantitative estimate of drug-likeness (QED) is 0.666. The van der Waals surface area contributed by atoms with E-state index < -0.39 is 0 Å². The third-order valence-corrected chi connectivity index (χ3v) is 3.18. The molecule has 0 fully saturated rings. The summed E-state index contributed by atoms with van der Waals surface area (Å²) in [5.74, 6) is 0. The molecular weight excluding hydrogens is 182 g/mol. The summed E-state index contributed by atoms with van der Waals surface area (Å²) in [5, 5.41) is 0. The van der Waals surface area contributed by atoms with Gasteiger partial charge in [0.1, 0.15) is 0 Å². The molecule has 0 spiro atoms. The van der Waals surface area contributed by atoms with Crippen LogP contribution in [0.5, 0.6) is 0 Å². The van der Waals surface area contributed by atoms with Crippen LogP contribution in [-0.2, 0) is 0 Å². The first-order chi connectivity index (χ1) is 7.10. The molecule has 85 valence electrons. The second-order valence-electron chi connectivity index (χ2n) is 4.84. The van der Waals surface area contributed by atoms with E-state index in [0.717, 1.165) is 26.1 Å². The van der Waals surface area contributed by atoms with Crippen molar-refractivity contribution < 1.29 is 0 Å². The van der Waals surface area contributed by atoms with Crippen LogP contribution in [0, 0.1) is 11.8 Å². The zero-order valence-electron chi connectivity index (χ0n) is 10.6. The molecule has 0 atom stereocenters. The Hall–Kier alpha value is -0.560. The van der Waals surface area contributed by atoms with Crippen molar-refractivity contribution in [2.75, 3.05) is 19.6 Å². The molecule has 1 heteroatoms. The Kier molecular flexibility index (Phi) is 4.59. The minimum Gasteiger partial charge on any atom is -0.303 e. The van der Waals surface area contributed by atoms with Gasteiger partial charge in [0.25, 0.3) is 0 Å². The van der Waals surface area contributed by atoms with Crippen LogP contribution in [0.4, 0.5) is 0 Å². The van der Waals surface area contributed by atoms with E-state index >= 15 is 0 Å². The lowest BCUT2D eigenvalue weighted by Crippen LogP contribution is -2.35. The minimum atomic E-state index is 0.275. The predicted octanol–water partition coefficient (Wildman–Crippen LogP) is 3.44. The second kappa shape index (κ2) is 5.50. The molecule has 0 saturated carbocycles. The van der Waals surface area contributed by atoms with Gasteiger partial charge < -0.3 is 4.90 Å². The van der Waals surface area contributed by atoms with Gasteiger partial charge in [-0.3, -0.25) is 0 Å².